The van der Waals surface area contributed by atoms with Crippen LogP contribution in [-0.2, 0) is 23.7 Å². The van der Waals surface area contributed by atoms with Crippen LogP contribution in [0.15, 0.2) is 0 Å². The Kier molecular flexibility index (Phi) is 14.5. The highest BCUT2D eigenvalue weighted by atomic mass is 16.7. The van der Waals surface area contributed by atoms with E-state index in [2.05, 4.69) is 10.6 Å². The van der Waals surface area contributed by atoms with Gasteiger partial charge in [-0.15, -0.1) is 0 Å². The van der Waals surface area contributed by atoms with E-state index in [0.29, 0.717) is 19.5 Å². The zero-order chi connectivity index (χ0) is 32.7. The van der Waals surface area contributed by atoms with E-state index in [1.807, 2.05) is 0 Å². The molecule has 19 heteroatoms. The number of carbonyl (C=O) groups is 1. The number of carbonyl (C=O) groups excluding carboxylic acids is 1. The lowest BCUT2D eigenvalue weighted by atomic mass is 9.83. The van der Waals surface area contributed by atoms with E-state index in [0.717, 1.165) is 0 Å². The summed E-state index contributed by atoms with van der Waals surface area (Å²) in [7, 11) is 0. The van der Waals surface area contributed by atoms with Gasteiger partial charge in [0.05, 0.1) is 36.9 Å². The molecule has 1 aliphatic carbocycles. The minimum absolute atomic E-state index is 0.0122. The SMILES string of the molecule is NCCCN[C@@H]1C[C@H](O)[C@@H](CN)O[C@@H]1OC1[C@@H](N)C[C@@H](NC(=O)C(O)C(O)CN)[C@H](O[C@H]2O[C@H](CO)[C@@H](O)[C@H](N)[C@H]2O)[C@H]1O. The molecule has 2 heterocycles. The van der Waals surface area contributed by atoms with Gasteiger partial charge in [-0.25, -0.2) is 0 Å². The molecule has 1 saturated carbocycles. The normalized spacial score (nSPS) is 42.9. The van der Waals surface area contributed by atoms with Gasteiger partial charge >= 0.3 is 0 Å². The average molecular weight is 642 g/mol. The Balaban J connectivity index is 1.87. The number of nitrogens with two attached hydrogens (primary N) is 5. The zero-order valence-electron chi connectivity index (χ0n) is 24.5. The first-order chi connectivity index (χ1) is 20.9. The zero-order valence-corrected chi connectivity index (χ0v) is 24.5. The quantitative estimate of drug-likeness (QED) is 0.0782. The van der Waals surface area contributed by atoms with Crippen molar-refractivity contribution in [3.63, 3.8) is 0 Å². The van der Waals surface area contributed by atoms with Crippen LogP contribution in [0, 0.1) is 0 Å². The van der Waals surface area contributed by atoms with Crippen LogP contribution >= 0.6 is 0 Å². The molecule has 3 rings (SSSR count). The Bertz CT molecular complexity index is 883. The summed E-state index contributed by atoms with van der Waals surface area (Å²) in [5.74, 6) is -1.04. The molecular formula is C25H51N7O12. The molecule has 3 unspecified atom stereocenters. The predicted octanol–water partition coefficient (Wildman–Crippen LogP) is -8.48. The number of aliphatic hydroxyl groups is 7. The molecule has 258 valence electrons. The van der Waals surface area contributed by atoms with Gasteiger partial charge in [0.1, 0.15) is 42.7 Å². The highest BCUT2D eigenvalue weighted by Crippen LogP contribution is 2.32. The number of hydrogen-bond donors (Lipinski definition) is 14. The van der Waals surface area contributed by atoms with Crippen LogP contribution in [0.4, 0.5) is 0 Å². The van der Waals surface area contributed by atoms with E-state index >= 15 is 0 Å². The number of rotatable bonds is 14. The van der Waals surface area contributed by atoms with Crippen LogP contribution in [0.3, 0.4) is 0 Å². The minimum Gasteiger partial charge on any atom is -0.394 e. The minimum atomic E-state index is -1.92. The molecule has 1 amide bonds. The third-order valence-electron chi connectivity index (χ3n) is 8.32. The monoisotopic (exact) mass is 641 g/mol. The van der Waals surface area contributed by atoms with E-state index in [-0.39, 0.29) is 19.4 Å². The van der Waals surface area contributed by atoms with Gasteiger partial charge in [0.25, 0.3) is 5.91 Å². The molecule has 2 aliphatic heterocycles. The van der Waals surface area contributed by atoms with E-state index < -0.39 is 117 Å². The van der Waals surface area contributed by atoms with Crippen molar-refractivity contribution in [2.75, 3.05) is 32.8 Å². The van der Waals surface area contributed by atoms with Crippen LogP contribution < -0.4 is 39.3 Å². The summed E-state index contributed by atoms with van der Waals surface area (Å²) in [6, 6.07) is -3.94. The average Bonchev–Trinajstić information content (AvgIpc) is 3.00. The maximum absolute atomic E-state index is 12.8. The van der Waals surface area contributed by atoms with Crippen molar-refractivity contribution in [1.29, 1.82) is 0 Å². The topological polar surface area (TPSA) is 350 Å². The molecule has 2 saturated heterocycles. The number of amides is 1. The lowest BCUT2D eigenvalue weighted by Gasteiger charge is -2.49. The van der Waals surface area contributed by atoms with Crippen molar-refractivity contribution in [1.82, 2.24) is 10.6 Å². The van der Waals surface area contributed by atoms with Gasteiger partial charge in [-0.3, -0.25) is 4.79 Å². The van der Waals surface area contributed by atoms with Gasteiger partial charge in [0.2, 0.25) is 0 Å². The number of ether oxygens (including phenoxy) is 4. The maximum Gasteiger partial charge on any atom is 0.251 e. The van der Waals surface area contributed by atoms with E-state index in [1.165, 1.54) is 0 Å². The second-order valence-electron chi connectivity index (χ2n) is 11.5. The molecule has 0 bridgehead atoms. The van der Waals surface area contributed by atoms with Gasteiger partial charge < -0.3 is 94.0 Å². The van der Waals surface area contributed by atoms with Crippen LogP contribution in [0.25, 0.3) is 0 Å². The van der Waals surface area contributed by atoms with Crippen LogP contribution in [0.1, 0.15) is 19.3 Å². The van der Waals surface area contributed by atoms with Crippen LogP contribution in [0.2, 0.25) is 0 Å². The fourth-order valence-electron chi connectivity index (χ4n) is 5.64. The lowest BCUT2D eigenvalue weighted by molar-refractivity contribution is -0.316. The van der Waals surface area contributed by atoms with Crippen molar-refractivity contribution in [2.45, 2.75) is 117 Å². The fraction of sp³-hybridized carbons (Fsp3) is 0.960. The number of nitrogens with one attached hydrogen (secondary N) is 2. The van der Waals surface area contributed by atoms with Crippen molar-refractivity contribution < 1.29 is 59.5 Å². The van der Waals surface area contributed by atoms with Crippen molar-refractivity contribution in [3.8, 4) is 0 Å². The van der Waals surface area contributed by atoms with Crippen molar-refractivity contribution in [3.05, 3.63) is 0 Å². The molecule has 44 heavy (non-hydrogen) atoms. The Morgan fingerprint density at radius 2 is 1.55 bits per heavy atom. The van der Waals surface area contributed by atoms with Crippen molar-refractivity contribution >= 4 is 5.91 Å². The number of hydrogen-bond acceptors (Lipinski definition) is 18. The summed E-state index contributed by atoms with van der Waals surface area (Å²) in [5, 5.41) is 78.4. The molecule has 16 atom stereocenters. The first kappa shape index (κ1) is 37.2. The first-order valence-electron chi connectivity index (χ1n) is 14.8. The van der Waals surface area contributed by atoms with E-state index in [9.17, 15) is 40.5 Å². The van der Waals surface area contributed by atoms with Crippen molar-refractivity contribution in [2.24, 2.45) is 28.7 Å². The van der Waals surface area contributed by atoms with Gasteiger partial charge in [-0.1, -0.05) is 0 Å². The fourth-order valence-corrected chi connectivity index (χ4v) is 5.64. The van der Waals surface area contributed by atoms with Gasteiger partial charge in [-0.05, 0) is 32.4 Å². The molecule has 0 aromatic rings. The van der Waals surface area contributed by atoms with Gasteiger partial charge in [0.15, 0.2) is 18.7 Å². The summed E-state index contributed by atoms with van der Waals surface area (Å²) >= 11 is 0. The van der Waals surface area contributed by atoms with E-state index in [1.54, 1.807) is 0 Å². The Hall–Kier alpha value is -1.21. The summed E-state index contributed by atoms with van der Waals surface area (Å²) in [4.78, 5) is 12.8. The summed E-state index contributed by atoms with van der Waals surface area (Å²) in [6.45, 7) is -0.192. The third-order valence-corrected chi connectivity index (χ3v) is 8.32. The Morgan fingerprint density at radius 1 is 0.886 bits per heavy atom. The maximum atomic E-state index is 12.8. The second-order valence-corrected chi connectivity index (χ2v) is 11.5. The molecule has 0 aromatic carbocycles. The van der Waals surface area contributed by atoms with Gasteiger partial charge in [-0.2, -0.15) is 0 Å². The molecule has 3 fully saturated rings. The highest BCUT2D eigenvalue weighted by Gasteiger charge is 2.51. The van der Waals surface area contributed by atoms with Gasteiger partial charge in [0, 0.05) is 19.1 Å². The predicted molar refractivity (Wildman–Crippen MR) is 151 cm³/mol. The molecule has 0 spiro atoms. The molecule has 3 aliphatic rings. The number of aliphatic hydroxyl groups excluding tert-OH is 7. The smallest absolute Gasteiger partial charge is 0.251 e. The second kappa shape index (κ2) is 17.1. The Morgan fingerprint density at radius 3 is 2.16 bits per heavy atom. The molecule has 19 nitrogen and oxygen atoms in total. The molecule has 0 aromatic heterocycles. The van der Waals surface area contributed by atoms with E-state index in [4.69, 9.17) is 47.6 Å². The largest absolute Gasteiger partial charge is 0.394 e. The van der Waals surface area contributed by atoms with Crippen LogP contribution in [0.5, 0.6) is 0 Å². The van der Waals surface area contributed by atoms with Crippen LogP contribution in [-0.4, -0.2) is 172 Å². The molecular weight excluding hydrogens is 590 g/mol. The summed E-state index contributed by atoms with van der Waals surface area (Å²) in [5.41, 5.74) is 29.1. The molecule has 19 N–H and O–H groups in total. The summed E-state index contributed by atoms with van der Waals surface area (Å²) in [6.07, 6.45) is -15.6. The highest BCUT2D eigenvalue weighted by molar-refractivity contribution is 5.81. The Labute approximate surface area is 254 Å². The lowest BCUT2D eigenvalue weighted by Crippen LogP contribution is -2.69. The first-order valence-corrected chi connectivity index (χ1v) is 14.8. The molecule has 0 radical (unpaired) electrons. The standard InChI is InChI=1S/C25H51N7O12/c26-2-1-3-31-11-5-12(34)14(7-28)41-24(11)43-21-9(29)4-10(32-23(40)17(36)13(35)6-27)22(20(21)39)44-25-19(38)16(30)18(37)15(8-33)42-25/h9-22,24-25,31,33-39H,1-8,26-30H2,(H,32,40)/t9-,10+,11+,12-,13?,14+,15+,16-,17?,18+,19+,20-,21?,22-,24+,25+/m0/s1. The third kappa shape index (κ3) is 8.77. The summed E-state index contributed by atoms with van der Waals surface area (Å²) < 4.78 is 23.6.